The zero-order valence-corrected chi connectivity index (χ0v) is 17.3. The third-order valence-corrected chi connectivity index (χ3v) is 5.44. The van der Waals surface area contributed by atoms with E-state index in [-0.39, 0.29) is 23.7 Å². The third-order valence-electron chi connectivity index (χ3n) is 5.44. The smallest absolute Gasteiger partial charge is 0.393 e. The number of hydrogen-bond acceptors (Lipinski definition) is 6. The van der Waals surface area contributed by atoms with E-state index in [1.165, 1.54) is 18.2 Å². The summed E-state index contributed by atoms with van der Waals surface area (Å²) in [6, 6.07) is 3.87. The maximum atomic E-state index is 14.2. The van der Waals surface area contributed by atoms with Crippen molar-refractivity contribution in [2.24, 2.45) is 5.92 Å². The zero-order chi connectivity index (χ0) is 24.2. The van der Waals surface area contributed by atoms with Crippen molar-refractivity contribution in [1.29, 1.82) is 0 Å². The Bertz CT molecular complexity index is 1210. The second-order valence-corrected chi connectivity index (χ2v) is 8.19. The monoisotopic (exact) mass is 469 g/mol. The molecule has 0 bridgehead atoms. The van der Waals surface area contributed by atoms with Gasteiger partial charge in [-0.15, -0.1) is 0 Å². The number of aliphatic hydroxyl groups excluding tert-OH is 1. The maximum Gasteiger partial charge on any atom is 0.422 e. The lowest BCUT2D eigenvalue weighted by Crippen LogP contribution is -2.61. The van der Waals surface area contributed by atoms with E-state index in [1.807, 2.05) is 0 Å². The molecule has 1 aromatic heterocycles. The van der Waals surface area contributed by atoms with Gasteiger partial charge in [-0.3, -0.25) is 9.36 Å². The molecule has 12 heteroatoms. The number of rotatable bonds is 3. The summed E-state index contributed by atoms with van der Waals surface area (Å²) in [5, 5.41) is 14.7. The summed E-state index contributed by atoms with van der Waals surface area (Å²) in [5.74, 6) is 1.39. The van der Waals surface area contributed by atoms with Crippen LogP contribution in [-0.2, 0) is 18.0 Å². The van der Waals surface area contributed by atoms with Crippen LogP contribution in [0.2, 0.25) is 0 Å². The van der Waals surface area contributed by atoms with Crippen molar-refractivity contribution in [2.45, 2.75) is 50.3 Å². The highest BCUT2D eigenvalue weighted by Gasteiger charge is 2.59. The Kier molecular flexibility index (Phi) is 5.37. The minimum Gasteiger partial charge on any atom is -0.393 e. The van der Waals surface area contributed by atoms with E-state index in [9.17, 15) is 31.9 Å². The van der Waals surface area contributed by atoms with Gasteiger partial charge in [0.1, 0.15) is 11.4 Å². The fraction of sp³-hybridized carbons (Fsp3) is 0.429. The minimum atomic E-state index is -4.84. The van der Waals surface area contributed by atoms with Crippen LogP contribution in [0.4, 0.5) is 33.3 Å². The molecule has 1 aliphatic heterocycles. The van der Waals surface area contributed by atoms with Gasteiger partial charge in [0.25, 0.3) is 11.5 Å². The summed E-state index contributed by atoms with van der Waals surface area (Å²) >= 11 is 0. The maximum absolute atomic E-state index is 14.2. The average molecular weight is 469 g/mol. The number of nitrogen functional groups attached to an aromatic ring is 1. The van der Waals surface area contributed by atoms with Gasteiger partial charge in [0, 0.05) is 24.1 Å². The molecule has 0 amide bonds. The van der Waals surface area contributed by atoms with Crippen molar-refractivity contribution < 1.29 is 27.1 Å². The predicted molar refractivity (Wildman–Crippen MR) is 109 cm³/mol. The van der Waals surface area contributed by atoms with Gasteiger partial charge in [-0.2, -0.15) is 22.0 Å². The molecule has 0 radical (unpaired) electrons. The van der Waals surface area contributed by atoms with Crippen molar-refractivity contribution >= 4 is 11.4 Å². The van der Waals surface area contributed by atoms with Gasteiger partial charge in [0.2, 0.25) is 5.54 Å². The first-order chi connectivity index (χ1) is 15.3. The molecule has 1 aliphatic carbocycles. The van der Waals surface area contributed by atoms with Crippen molar-refractivity contribution in [1.82, 2.24) is 14.9 Å². The minimum absolute atomic E-state index is 0.0353. The van der Waals surface area contributed by atoms with Gasteiger partial charge in [0.15, 0.2) is 6.35 Å². The number of hydrogen-bond donors (Lipinski definition) is 4. The first-order valence-electron chi connectivity index (χ1n) is 10.00. The Labute approximate surface area is 184 Å². The highest BCUT2D eigenvalue weighted by atomic mass is 19.4. The molecule has 1 saturated carbocycles. The van der Waals surface area contributed by atoms with Crippen LogP contribution < -0.4 is 21.9 Å². The van der Waals surface area contributed by atoms with Crippen LogP contribution in [0.15, 0.2) is 29.3 Å². The first kappa shape index (κ1) is 23.0. The van der Waals surface area contributed by atoms with Gasteiger partial charge in [0.05, 0.1) is 12.9 Å². The Morgan fingerprint density at radius 2 is 2.00 bits per heavy atom. The molecule has 2 aromatic rings. The van der Waals surface area contributed by atoms with Gasteiger partial charge in [-0.25, -0.2) is 10.3 Å². The number of alkyl halides is 5. The molecule has 1 fully saturated rings. The van der Waals surface area contributed by atoms with Gasteiger partial charge < -0.3 is 16.2 Å². The fourth-order valence-electron chi connectivity index (χ4n) is 3.61. The molecule has 1 aromatic carbocycles. The Morgan fingerprint density at radius 1 is 1.30 bits per heavy atom. The van der Waals surface area contributed by atoms with Crippen molar-refractivity contribution in [3.63, 3.8) is 0 Å². The van der Waals surface area contributed by atoms with Crippen molar-refractivity contribution in [3.05, 3.63) is 51.7 Å². The van der Waals surface area contributed by atoms with Crippen LogP contribution in [-0.4, -0.2) is 27.2 Å². The number of anilines is 2. The van der Waals surface area contributed by atoms with Crippen LogP contribution in [0.5, 0.6) is 0 Å². The third kappa shape index (κ3) is 4.26. The lowest BCUT2D eigenvalue weighted by molar-refractivity contribution is -0.190. The number of nitrogens with one attached hydrogen (secondary N) is 2. The number of aliphatic hydroxyl groups is 1. The number of halogens is 5. The zero-order valence-electron chi connectivity index (χ0n) is 17.3. The molecule has 0 saturated heterocycles. The average Bonchev–Trinajstić information content (AvgIpc) is 3.52. The largest absolute Gasteiger partial charge is 0.422 e. The standard InChI is InChI=1S/C21H20F5N5O2/c1-19(22,23)16-15(27)17(32)31(10-28-16)9-12-4-5-13-14(8-12)29-18(33)30-20(13,21(24,25)26)7-6-11-2-3-11/h4-5,8,10-11,18,29-30,33H,2-3,9,27H2,1H3. The molecule has 2 heterocycles. The highest BCUT2D eigenvalue weighted by molar-refractivity contribution is 5.62. The molecule has 4 rings (SSSR count). The molecule has 2 aliphatic rings. The Morgan fingerprint density at radius 3 is 2.61 bits per heavy atom. The first-order valence-corrected chi connectivity index (χ1v) is 10.00. The number of nitrogens with zero attached hydrogens (tertiary/aromatic N) is 2. The second kappa shape index (κ2) is 7.71. The molecule has 2 atom stereocenters. The van der Waals surface area contributed by atoms with E-state index < -0.39 is 40.9 Å². The molecule has 0 spiro atoms. The van der Waals surface area contributed by atoms with Gasteiger partial charge in [-0.05, 0) is 24.5 Å². The van der Waals surface area contributed by atoms with E-state index in [0.29, 0.717) is 12.5 Å². The van der Waals surface area contributed by atoms with E-state index in [4.69, 9.17) is 5.73 Å². The van der Waals surface area contributed by atoms with Crippen molar-refractivity contribution in [3.8, 4) is 11.8 Å². The molecular formula is C21H20F5N5O2. The van der Waals surface area contributed by atoms with E-state index in [2.05, 4.69) is 27.5 Å². The number of aromatic nitrogens is 2. The quantitative estimate of drug-likeness (QED) is 0.407. The second-order valence-electron chi connectivity index (χ2n) is 8.19. The van der Waals surface area contributed by atoms with E-state index in [0.717, 1.165) is 23.7 Å². The molecule has 176 valence electrons. The summed E-state index contributed by atoms with van der Waals surface area (Å²) in [6.07, 6.45) is -4.24. The molecule has 5 N–H and O–H groups in total. The van der Waals surface area contributed by atoms with Gasteiger partial charge >= 0.3 is 6.18 Å². The Hall–Kier alpha value is -3.17. The lowest BCUT2D eigenvalue weighted by Gasteiger charge is -2.40. The molecular weight excluding hydrogens is 449 g/mol. The van der Waals surface area contributed by atoms with E-state index in [1.54, 1.807) is 0 Å². The summed E-state index contributed by atoms with van der Waals surface area (Å²) in [7, 11) is 0. The molecule has 7 nitrogen and oxygen atoms in total. The number of nitrogens with two attached hydrogens (primary N) is 1. The summed E-state index contributed by atoms with van der Waals surface area (Å²) in [4.78, 5) is 16.0. The van der Waals surface area contributed by atoms with E-state index >= 15 is 0 Å². The van der Waals surface area contributed by atoms with Crippen LogP contribution in [0.1, 0.15) is 36.6 Å². The molecule has 2 unspecified atom stereocenters. The number of fused-ring (bicyclic) bond motifs is 1. The lowest BCUT2D eigenvalue weighted by atomic mass is 9.85. The Balaban J connectivity index is 1.73. The summed E-state index contributed by atoms with van der Waals surface area (Å²) in [6.45, 7) is 0.361. The van der Waals surface area contributed by atoms with Crippen LogP contribution >= 0.6 is 0 Å². The van der Waals surface area contributed by atoms with Gasteiger partial charge in [-0.1, -0.05) is 24.0 Å². The normalized spacial score (nSPS) is 22.7. The summed E-state index contributed by atoms with van der Waals surface area (Å²) in [5.41, 5.74) is 0.345. The predicted octanol–water partition coefficient (Wildman–Crippen LogP) is 2.45. The van der Waals surface area contributed by atoms with Crippen molar-refractivity contribution in [2.75, 3.05) is 11.1 Å². The van der Waals surface area contributed by atoms with Crippen LogP contribution in [0.25, 0.3) is 0 Å². The number of benzene rings is 1. The SMILES string of the molecule is CC(F)(F)c1ncn(Cc2ccc3c(c2)NC(O)NC3(C#CC2CC2)C(F)(F)F)c(=O)c1N. The molecule has 33 heavy (non-hydrogen) atoms. The topological polar surface area (TPSA) is 105 Å². The highest BCUT2D eigenvalue weighted by Crippen LogP contribution is 2.45. The fourth-order valence-corrected chi connectivity index (χ4v) is 3.61. The summed E-state index contributed by atoms with van der Waals surface area (Å²) < 4.78 is 70.5. The van der Waals surface area contributed by atoms with Crippen LogP contribution in [0.3, 0.4) is 0 Å². The van der Waals surface area contributed by atoms with Crippen LogP contribution in [0, 0.1) is 17.8 Å².